The fourth-order valence-electron chi connectivity index (χ4n) is 3.52. The molecule has 26 heavy (non-hydrogen) atoms. The van der Waals surface area contributed by atoms with Gasteiger partial charge in [0, 0.05) is 18.3 Å². The molecule has 0 spiro atoms. The van der Waals surface area contributed by atoms with Crippen LogP contribution in [0, 0.1) is 0 Å². The van der Waals surface area contributed by atoms with Gasteiger partial charge in [0.15, 0.2) is 16.6 Å². The summed E-state index contributed by atoms with van der Waals surface area (Å²) in [6.45, 7) is 2.14. The quantitative estimate of drug-likeness (QED) is 0.824. The van der Waals surface area contributed by atoms with Crippen molar-refractivity contribution in [2.24, 2.45) is 0 Å². The minimum Gasteiger partial charge on any atom is -0.497 e. The number of benzene rings is 2. The van der Waals surface area contributed by atoms with Gasteiger partial charge in [0.2, 0.25) is 0 Å². The molecule has 0 unspecified atom stereocenters. The summed E-state index contributed by atoms with van der Waals surface area (Å²) in [7, 11) is 1.66. The highest BCUT2D eigenvalue weighted by molar-refractivity contribution is 7.80. The topological polar surface area (TPSA) is 43.0 Å². The van der Waals surface area contributed by atoms with E-state index in [1.54, 1.807) is 7.11 Å². The number of thiocarbonyl (C=S) groups is 1. The van der Waals surface area contributed by atoms with Crippen molar-refractivity contribution in [1.82, 2.24) is 4.90 Å². The maximum atomic E-state index is 5.73. The van der Waals surface area contributed by atoms with E-state index in [1.807, 2.05) is 30.3 Å². The molecule has 0 amide bonds. The van der Waals surface area contributed by atoms with E-state index >= 15 is 0 Å². The summed E-state index contributed by atoms with van der Waals surface area (Å²) in [5, 5.41) is 4.07. The molecule has 1 N–H and O–H groups in total. The Labute approximate surface area is 158 Å². The molecule has 2 aromatic rings. The van der Waals surface area contributed by atoms with E-state index < -0.39 is 0 Å². The van der Waals surface area contributed by atoms with Crippen molar-refractivity contribution in [3.8, 4) is 17.2 Å². The van der Waals surface area contributed by atoms with Gasteiger partial charge in [0.05, 0.1) is 13.2 Å². The zero-order valence-electron chi connectivity index (χ0n) is 14.7. The molecule has 2 heterocycles. The highest BCUT2D eigenvalue weighted by Crippen LogP contribution is 2.38. The molecule has 1 saturated heterocycles. The van der Waals surface area contributed by atoms with Gasteiger partial charge in [-0.05, 0) is 54.9 Å². The van der Waals surface area contributed by atoms with E-state index in [-0.39, 0.29) is 6.04 Å². The van der Waals surface area contributed by atoms with E-state index in [4.69, 9.17) is 26.4 Å². The van der Waals surface area contributed by atoms with Crippen molar-refractivity contribution in [3.05, 3.63) is 48.0 Å². The van der Waals surface area contributed by atoms with Gasteiger partial charge < -0.3 is 24.4 Å². The standard InChI is InChI=1S/C20H22N2O3S/c1-23-16-5-2-4-15(13-16)21-20(26)22-9-3-6-17(22)14-7-8-18-19(12-14)25-11-10-24-18/h2,4-5,7-8,12-13,17H,3,6,9-11H2,1H3,(H,21,26)/t17-/m0/s1. The maximum Gasteiger partial charge on any atom is 0.173 e. The lowest BCUT2D eigenvalue weighted by Crippen LogP contribution is -2.34. The second-order valence-electron chi connectivity index (χ2n) is 6.42. The van der Waals surface area contributed by atoms with E-state index in [2.05, 4.69) is 22.3 Å². The second kappa shape index (κ2) is 7.41. The lowest BCUT2D eigenvalue weighted by molar-refractivity contribution is 0.171. The van der Waals surface area contributed by atoms with Crippen LogP contribution in [0.5, 0.6) is 17.2 Å². The Hall–Kier alpha value is -2.47. The van der Waals surface area contributed by atoms with Crippen molar-refractivity contribution < 1.29 is 14.2 Å². The number of likely N-dealkylation sites (tertiary alicyclic amines) is 1. The molecule has 6 heteroatoms. The van der Waals surface area contributed by atoms with Crippen LogP contribution in [0.1, 0.15) is 24.4 Å². The van der Waals surface area contributed by atoms with Crippen LogP contribution >= 0.6 is 12.2 Å². The first kappa shape index (κ1) is 17.0. The third-order valence-electron chi connectivity index (χ3n) is 4.79. The molecule has 0 bridgehead atoms. The predicted octanol–water partition coefficient (Wildman–Crippen LogP) is 4.00. The Bertz CT molecular complexity index is 811. The first-order chi connectivity index (χ1) is 12.7. The van der Waals surface area contributed by atoms with Gasteiger partial charge in [0.1, 0.15) is 19.0 Å². The molecule has 2 aliphatic rings. The summed E-state index contributed by atoms with van der Waals surface area (Å²) in [5.74, 6) is 2.46. The monoisotopic (exact) mass is 370 g/mol. The maximum absolute atomic E-state index is 5.73. The first-order valence-corrected chi connectivity index (χ1v) is 9.26. The van der Waals surface area contributed by atoms with Gasteiger partial charge in [-0.2, -0.15) is 0 Å². The van der Waals surface area contributed by atoms with Crippen LogP contribution in [0.2, 0.25) is 0 Å². The molecule has 136 valence electrons. The fraction of sp³-hybridized carbons (Fsp3) is 0.350. The van der Waals surface area contributed by atoms with Gasteiger partial charge in [-0.25, -0.2) is 0 Å². The van der Waals surface area contributed by atoms with Crippen LogP contribution in [0.4, 0.5) is 5.69 Å². The average Bonchev–Trinajstić information content (AvgIpc) is 3.18. The van der Waals surface area contributed by atoms with Crippen molar-refractivity contribution in [1.29, 1.82) is 0 Å². The number of anilines is 1. The summed E-state index contributed by atoms with van der Waals surface area (Å²) >= 11 is 5.69. The molecule has 1 atom stereocenters. The third-order valence-corrected chi connectivity index (χ3v) is 5.12. The van der Waals surface area contributed by atoms with E-state index in [0.29, 0.717) is 13.2 Å². The molecule has 0 aromatic heterocycles. The summed E-state index contributed by atoms with van der Waals surface area (Å²) < 4.78 is 16.6. The molecular formula is C20H22N2O3S. The van der Waals surface area contributed by atoms with Gasteiger partial charge in [-0.3, -0.25) is 0 Å². The van der Waals surface area contributed by atoms with E-state index in [1.165, 1.54) is 5.56 Å². The Kier molecular flexibility index (Phi) is 4.84. The number of fused-ring (bicyclic) bond motifs is 1. The van der Waals surface area contributed by atoms with Gasteiger partial charge in [-0.15, -0.1) is 0 Å². The average molecular weight is 370 g/mol. The third kappa shape index (κ3) is 3.42. The number of ether oxygens (including phenoxy) is 3. The van der Waals surface area contributed by atoms with E-state index in [0.717, 1.165) is 47.4 Å². The molecule has 4 rings (SSSR count). The minimum atomic E-state index is 0.247. The summed E-state index contributed by atoms with van der Waals surface area (Å²) in [4.78, 5) is 2.25. The zero-order valence-corrected chi connectivity index (χ0v) is 15.6. The van der Waals surface area contributed by atoms with Crippen molar-refractivity contribution in [2.45, 2.75) is 18.9 Å². The molecule has 1 fully saturated rings. The lowest BCUT2D eigenvalue weighted by atomic mass is 10.0. The highest BCUT2D eigenvalue weighted by Gasteiger charge is 2.29. The zero-order chi connectivity index (χ0) is 17.9. The van der Waals surface area contributed by atoms with Crippen molar-refractivity contribution in [3.63, 3.8) is 0 Å². The number of rotatable bonds is 3. The van der Waals surface area contributed by atoms with Crippen molar-refractivity contribution >= 4 is 23.0 Å². The minimum absolute atomic E-state index is 0.247. The molecule has 2 aliphatic heterocycles. The summed E-state index contributed by atoms with van der Waals surface area (Å²) in [6.07, 6.45) is 2.18. The van der Waals surface area contributed by atoms with Crippen LogP contribution in [0.25, 0.3) is 0 Å². The number of nitrogens with one attached hydrogen (secondary N) is 1. The smallest absolute Gasteiger partial charge is 0.173 e. The number of hydrogen-bond acceptors (Lipinski definition) is 4. The molecule has 0 saturated carbocycles. The van der Waals surface area contributed by atoms with Crippen LogP contribution in [-0.2, 0) is 0 Å². The van der Waals surface area contributed by atoms with Crippen LogP contribution in [0.15, 0.2) is 42.5 Å². The van der Waals surface area contributed by atoms with Crippen LogP contribution in [0.3, 0.4) is 0 Å². The molecule has 0 aliphatic carbocycles. The number of hydrogen-bond donors (Lipinski definition) is 1. The van der Waals surface area contributed by atoms with Crippen molar-refractivity contribution in [2.75, 3.05) is 32.2 Å². The Morgan fingerprint density at radius 1 is 1.15 bits per heavy atom. The Balaban J connectivity index is 1.51. The van der Waals surface area contributed by atoms with E-state index in [9.17, 15) is 0 Å². The predicted molar refractivity (Wildman–Crippen MR) is 105 cm³/mol. The molecular weight excluding hydrogens is 348 g/mol. The van der Waals surface area contributed by atoms with Gasteiger partial charge in [0.25, 0.3) is 0 Å². The van der Waals surface area contributed by atoms with Crippen LogP contribution < -0.4 is 19.5 Å². The first-order valence-electron chi connectivity index (χ1n) is 8.86. The number of methoxy groups -OCH3 is 1. The molecule has 5 nitrogen and oxygen atoms in total. The Morgan fingerprint density at radius 3 is 2.85 bits per heavy atom. The summed E-state index contributed by atoms with van der Waals surface area (Å²) in [5.41, 5.74) is 2.14. The second-order valence-corrected chi connectivity index (χ2v) is 6.80. The Morgan fingerprint density at radius 2 is 2.00 bits per heavy atom. The van der Waals surface area contributed by atoms with Crippen LogP contribution in [-0.4, -0.2) is 36.9 Å². The lowest BCUT2D eigenvalue weighted by Gasteiger charge is -2.29. The molecule has 2 aromatic carbocycles. The largest absolute Gasteiger partial charge is 0.497 e. The molecule has 0 radical (unpaired) electrons. The van der Waals surface area contributed by atoms with Gasteiger partial charge in [-0.1, -0.05) is 12.1 Å². The fourth-order valence-corrected chi connectivity index (χ4v) is 3.86. The highest BCUT2D eigenvalue weighted by atomic mass is 32.1. The SMILES string of the molecule is COc1cccc(NC(=S)N2CCC[C@H]2c2ccc3c(c2)OCCO3)c1. The number of nitrogens with zero attached hydrogens (tertiary/aromatic N) is 1. The summed E-state index contributed by atoms with van der Waals surface area (Å²) in [6, 6.07) is 14.3. The van der Waals surface area contributed by atoms with Gasteiger partial charge >= 0.3 is 0 Å². The normalized spacial score (nSPS) is 18.5.